The lowest BCUT2D eigenvalue weighted by Crippen LogP contribution is -2.30. The van der Waals surface area contributed by atoms with E-state index in [1.54, 1.807) is 11.3 Å². The van der Waals surface area contributed by atoms with Crippen molar-refractivity contribution >= 4 is 34.0 Å². The number of thiophene rings is 1. The molecular weight excluding hydrogens is 324 g/mol. The van der Waals surface area contributed by atoms with Crippen LogP contribution in [-0.4, -0.2) is 13.1 Å². The Kier molecular flexibility index (Phi) is 5.17. The third kappa shape index (κ3) is 4.04. The molecule has 0 atom stereocenters. The number of hydrogen-bond donors (Lipinski definition) is 0. The number of halogens is 1. The highest BCUT2D eigenvalue weighted by atomic mass is 35.5. The molecule has 1 saturated heterocycles. The van der Waals surface area contributed by atoms with Gasteiger partial charge in [0.05, 0.1) is 5.56 Å². The zero-order chi connectivity index (χ0) is 16.1. The van der Waals surface area contributed by atoms with Crippen molar-refractivity contribution < 1.29 is 0 Å². The molecule has 4 heteroatoms. The molecule has 1 aromatic carbocycles. The highest BCUT2D eigenvalue weighted by molar-refractivity contribution is 7.14. The Bertz CT molecular complexity index is 773. The fourth-order valence-electron chi connectivity index (χ4n) is 2.70. The van der Waals surface area contributed by atoms with Gasteiger partial charge in [0.1, 0.15) is 11.1 Å². The molecule has 2 nitrogen and oxygen atoms in total. The Labute approximate surface area is 145 Å². The molecule has 0 amide bonds. The third-order valence-corrected chi connectivity index (χ3v) is 5.14. The van der Waals surface area contributed by atoms with Crippen LogP contribution in [-0.2, 0) is 0 Å². The van der Waals surface area contributed by atoms with Crippen LogP contribution in [0.3, 0.4) is 0 Å². The fourth-order valence-corrected chi connectivity index (χ4v) is 3.80. The summed E-state index contributed by atoms with van der Waals surface area (Å²) >= 11 is 7.64. The quantitative estimate of drug-likeness (QED) is 0.736. The predicted molar refractivity (Wildman–Crippen MR) is 99.1 cm³/mol. The first kappa shape index (κ1) is 15.9. The minimum atomic E-state index is 0.761. The Balaban J connectivity index is 1.59. The average molecular weight is 341 g/mol. The number of piperidine rings is 1. The summed E-state index contributed by atoms with van der Waals surface area (Å²) in [6, 6.07) is 12.0. The van der Waals surface area contributed by atoms with Crippen LogP contribution < -0.4 is 4.90 Å². The number of anilines is 1. The minimum absolute atomic E-state index is 0.761. The van der Waals surface area contributed by atoms with E-state index in [9.17, 15) is 0 Å². The lowest BCUT2D eigenvalue weighted by Gasteiger charge is -2.29. The first-order valence-corrected chi connectivity index (χ1v) is 8.86. The largest absolute Gasteiger partial charge is 0.362 e. The first-order chi connectivity index (χ1) is 11.3. The van der Waals surface area contributed by atoms with Gasteiger partial charge in [-0.3, -0.25) is 0 Å². The average Bonchev–Trinajstić information content (AvgIpc) is 3.04. The van der Waals surface area contributed by atoms with E-state index in [1.807, 2.05) is 35.7 Å². The molecule has 0 saturated carbocycles. The minimum Gasteiger partial charge on any atom is -0.362 e. The molecule has 3 rings (SSSR count). The Morgan fingerprint density at radius 1 is 1.22 bits per heavy atom. The van der Waals surface area contributed by atoms with Gasteiger partial charge in [0.15, 0.2) is 0 Å². The van der Waals surface area contributed by atoms with Crippen LogP contribution in [0.4, 0.5) is 5.00 Å². The van der Waals surface area contributed by atoms with Gasteiger partial charge in [0.2, 0.25) is 0 Å². The first-order valence-electron chi connectivity index (χ1n) is 7.60. The molecule has 1 aromatic heterocycles. The number of rotatable bonds is 3. The molecular formula is C19H17ClN2S. The number of nitriles is 1. The maximum atomic E-state index is 9.13. The Hall–Kier alpha value is -2.02. The summed E-state index contributed by atoms with van der Waals surface area (Å²) in [5.74, 6) is 0. The SMILES string of the molecule is N#Cc1ccsc1N1CCC(=CC=Cc2cccc(Cl)c2)CC1. The summed E-state index contributed by atoms with van der Waals surface area (Å²) in [6.45, 7) is 1.96. The van der Waals surface area contributed by atoms with Gasteiger partial charge < -0.3 is 4.90 Å². The second kappa shape index (κ2) is 7.50. The number of benzene rings is 1. The molecule has 0 bridgehead atoms. The number of nitrogens with zero attached hydrogens (tertiary/aromatic N) is 2. The van der Waals surface area contributed by atoms with Gasteiger partial charge in [-0.25, -0.2) is 0 Å². The van der Waals surface area contributed by atoms with E-state index < -0.39 is 0 Å². The maximum absolute atomic E-state index is 9.13. The van der Waals surface area contributed by atoms with Crippen LogP contribution in [0.1, 0.15) is 24.0 Å². The van der Waals surface area contributed by atoms with Gasteiger partial charge >= 0.3 is 0 Å². The van der Waals surface area contributed by atoms with Crippen LogP contribution in [0, 0.1) is 11.3 Å². The number of hydrogen-bond acceptors (Lipinski definition) is 3. The molecule has 0 spiro atoms. The molecule has 23 heavy (non-hydrogen) atoms. The normalized spacial score (nSPS) is 15.0. The molecule has 1 aliphatic rings. The zero-order valence-electron chi connectivity index (χ0n) is 12.7. The van der Waals surface area contributed by atoms with Crippen molar-refractivity contribution in [3.63, 3.8) is 0 Å². The van der Waals surface area contributed by atoms with Crippen molar-refractivity contribution in [2.24, 2.45) is 0 Å². The van der Waals surface area contributed by atoms with Crippen molar-refractivity contribution in [3.05, 3.63) is 69.6 Å². The monoisotopic (exact) mass is 340 g/mol. The Morgan fingerprint density at radius 3 is 2.78 bits per heavy atom. The van der Waals surface area contributed by atoms with Crippen molar-refractivity contribution in [1.29, 1.82) is 5.26 Å². The van der Waals surface area contributed by atoms with Crippen LogP contribution >= 0.6 is 22.9 Å². The lowest BCUT2D eigenvalue weighted by molar-refractivity contribution is 0.689. The highest BCUT2D eigenvalue weighted by Gasteiger charge is 2.17. The predicted octanol–water partition coefficient (Wildman–Crippen LogP) is 5.51. The third-order valence-electron chi connectivity index (χ3n) is 3.93. The van der Waals surface area contributed by atoms with E-state index >= 15 is 0 Å². The van der Waals surface area contributed by atoms with E-state index in [2.05, 4.69) is 29.2 Å². The van der Waals surface area contributed by atoms with Crippen LogP contribution in [0.15, 0.2) is 53.4 Å². The topological polar surface area (TPSA) is 27.0 Å². The molecule has 116 valence electrons. The molecule has 2 heterocycles. The molecule has 0 aliphatic carbocycles. The maximum Gasteiger partial charge on any atom is 0.109 e. The van der Waals surface area contributed by atoms with Crippen molar-refractivity contribution in [3.8, 4) is 6.07 Å². The molecule has 0 N–H and O–H groups in total. The van der Waals surface area contributed by atoms with Crippen molar-refractivity contribution in [1.82, 2.24) is 0 Å². The van der Waals surface area contributed by atoms with Crippen molar-refractivity contribution in [2.75, 3.05) is 18.0 Å². The van der Waals surface area contributed by atoms with Crippen LogP contribution in [0.5, 0.6) is 0 Å². The van der Waals surface area contributed by atoms with Crippen molar-refractivity contribution in [2.45, 2.75) is 12.8 Å². The van der Waals surface area contributed by atoms with Gasteiger partial charge in [-0.05, 0) is 42.0 Å². The molecule has 1 fully saturated rings. The summed E-state index contributed by atoms with van der Waals surface area (Å²) in [4.78, 5) is 2.32. The molecule has 0 radical (unpaired) electrons. The lowest BCUT2D eigenvalue weighted by atomic mass is 10.0. The van der Waals surface area contributed by atoms with Gasteiger partial charge in [-0.15, -0.1) is 11.3 Å². The molecule has 0 unspecified atom stereocenters. The zero-order valence-corrected chi connectivity index (χ0v) is 14.3. The second-order valence-electron chi connectivity index (χ2n) is 5.48. The van der Waals surface area contributed by atoms with Gasteiger partial charge in [-0.1, -0.05) is 47.5 Å². The number of allylic oxidation sites excluding steroid dienone is 2. The van der Waals surface area contributed by atoms with E-state index in [0.717, 1.165) is 47.1 Å². The standard InChI is InChI=1S/C19H17ClN2S/c20-18-6-2-5-16(13-18)4-1-3-15-7-10-22(11-8-15)19-17(14-21)9-12-23-19/h1-6,9,12-13H,7-8,10-11H2. The molecule has 2 aromatic rings. The summed E-state index contributed by atoms with van der Waals surface area (Å²) in [7, 11) is 0. The van der Waals surface area contributed by atoms with E-state index in [-0.39, 0.29) is 0 Å². The van der Waals surface area contributed by atoms with Gasteiger partial charge in [0, 0.05) is 18.1 Å². The highest BCUT2D eigenvalue weighted by Crippen LogP contribution is 2.30. The second-order valence-corrected chi connectivity index (χ2v) is 6.81. The van der Waals surface area contributed by atoms with E-state index in [0.29, 0.717) is 0 Å². The van der Waals surface area contributed by atoms with Crippen LogP contribution in [0.25, 0.3) is 6.08 Å². The summed E-state index contributed by atoms with van der Waals surface area (Å²) in [6.07, 6.45) is 8.48. The summed E-state index contributed by atoms with van der Waals surface area (Å²) < 4.78 is 0. The van der Waals surface area contributed by atoms with E-state index in [4.69, 9.17) is 16.9 Å². The van der Waals surface area contributed by atoms with Crippen LogP contribution in [0.2, 0.25) is 5.02 Å². The summed E-state index contributed by atoms with van der Waals surface area (Å²) in [5.41, 5.74) is 3.36. The Morgan fingerprint density at radius 2 is 2.04 bits per heavy atom. The van der Waals surface area contributed by atoms with Gasteiger partial charge in [-0.2, -0.15) is 5.26 Å². The van der Waals surface area contributed by atoms with E-state index in [1.165, 1.54) is 5.57 Å². The smallest absolute Gasteiger partial charge is 0.109 e. The molecule has 1 aliphatic heterocycles. The summed E-state index contributed by atoms with van der Waals surface area (Å²) in [5, 5.41) is 13.0. The fraction of sp³-hybridized carbons (Fsp3) is 0.211. The van der Waals surface area contributed by atoms with Gasteiger partial charge in [0.25, 0.3) is 0 Å².